The van der Waals surface area contributed by atoms with Gasteiger partial charge in [0, 0.05) is 11.6 Å². The first-order valence-electron chi connectivity index (χ1n) is 7.64. The van der Waals surface area contributed by atoms with E-state index in [1.807, 2.05) is 32.0 Å². The van der Waals surface area contributed by atoms with Gasteiger partial charge in [-0.05, 0) is 43.7 Å². The van der Waals surface area contributed by atoms with Crippen LogP contribution in [0.3, 0.4) is 0 Å². The fourth-order valence-corrected chi connectivity index (χ4v) is 4.58. The maximum Gasteiger partial charge on any atom is 0.310 e. The number of fused-ring (bicyclic) bond motifs is 1. The Bertz CT molecular complexity index is 617. The summed E-state index contributed by atoms with van der Waals surface area (Å²) in [6, 6.07) is 5.96. The molecule has 0 unspecified atom stereocenters. The van der Waals surface area contributed by atoms with Gasteiger partial charge in [0.25, 0.3) is 0 Å². The molecule has 0 aromatic heterocycles. The Labute approximate surface area is 123 Å². The number of carbonyl (C=O) groups is 2. The molecule has 21 heavy (non-hydrogen) atoms. The molecule has 2 aliphatic carbocycles. The number of para-hydroxylation sites is 1. The van der Waals surface area contributed by atoms with Crippen molar-refractivity contribution in [3.05, 3.63) is 29.3 Å². The number of hydrogen-bond donors (Lipinski definition) is 1. The summed E-state index contributed by atoms with van der Waals surface area (Å²) < 4.78 is 5.40. The van der Waals surface area contributed by atoms with Gasteiger partial charge in [0.15, 0.2) is 0 Å². The molecule has 3 fully saturated rings. The lowest BCUT2D eigenvalue weighted by molar-refractivity contribution is -0.145. The van der Waals surface area contributed by atoms with Crippen LogP contribution in [-0.2, 0) is 14.3 Å². The summed E-state index contributed by atoms with van der Waals surface area (Å²) in [4.78, 5) is 24.7. The quantitative estimate of drug-likeness (QED) is 0.849. The summed E-state index contributed by atoms with van der Waals surface area (Å²) in [6.45, 7) is 3.98. The molecule has 4 heteroatoms. The number of esters is 1. The molecular weight excluding hydrogens is 266 g/mol. The van der Waals surface area contributed by atoms with Gasteiger partial charge in [0.1, 0.15) is 6.10 Å². The van der Waals surface area contributed by atoms with Crippen molar-refractivity contribution in [1.29, 1.82) is 0 Å². The number of aryl methyl sites for hydroxylation is 2. The van der Waals surface area contributed by atoms with Crippen LogP contribution in [0.1, 0.15) is 24.0 Å². The smallest absolute Gasteiger partial charge is 0.310 e. The van der Waals surface area contributed by atoms with Crippen LogP contribution in [0.5, 0.6) is 0 Å². The van der Waals surface area contributed by atoms with E-state index in [2.05, 4.69) is 5.32 Å². The molecule has 4 nitrogen and oxygen atoms in total. The van der Waals surface area contributed by atoms with Gasteiger partial charge in [0.05, 0.1) is 11.8 Å². The predicted octanol–water partition coefficient (Wildman–Crippen LogP) is 2.44. The lowest BCUT2D eigenvalue weighted by Gasteiger charge is -2.24. The van der Waals surface area contributed by atoms with Crippen molar-refractivity contribution in [2.45, 2.75) is 32.8 Å². The lowest BCUT2D eigenvalue weighted by atomic mass is 9.79. The molecule has 1 aromatic carbocycles. The zero-order chi connectivity index (χ0) is 14.7. The summed E-state index contributed by atoms with van der Waals surface area (Å²) in [5, 5.41) is 3.06. The second kappa shape index (κ2) is 4.33. The first-order chi connectivity index (χ1) is 10.1. The van der Waals surface area contributed by atoms with Gasteiger partial charge in [-0.3, -0.25) is 9.59 Å². The summed E-state index contributed by atoms with van der Waals surface area (Å²) in [7, 11) is 0. The van der Waals surface area contributed by atoms with E-state index in [1.165, 1.54) is 0 Å². The minimum atomic E-state index is -0.210. The van der Waals surface area contributed by atoms with Crippen molar-refractivity contribution in [3.63, 3.8) is 0 Å². The SMILES string of the molecule is Cc1cccc(C)c1NC(=O)[C@H]1[C@H]2C[C@@H]3[C@@H]1C(=O)O[C@@H]3C2. The highest BCUT2D eigenvalue weighted by atomic mass is 16.6. The highest BCUT2D eigenvalue weighted by Crippen LogP contribution is 2.57. The zero-order valence-corrected chi connectivity index (χ0v) is 12.3. The maximum absolute atomic E-state index is 12.7. The van der Waals surface area contributed by atoms with E-state index in [4.69, 9.17) is 4.74 Å². The van der Waals surface area contributed by atoms with Gasteiger partial charge in [-0.1, -0.05) is 18.2 Å². The van der Waals surface area contributed by atoms with Crippen LogP contribution in [0.4, 0.5) is 5.69 Å². The number of benzene rings is 1. The average Bonchev–Trinajstić information content (AvgIpc) is 3.04. The molecule has 1 N–H and O–H groups in total. The first kappa shape index (κ1) is 12.9. The van der Waals surface area contributed by atoms with Gasteiger partial charge >= 0.3 is 5.97 Å². The van der Waals surface area contributed by atoms with Crippen molar-refractivity contribution >= 4 is 17.6 Å². The number of amides is 1. The Morgan fingerprint density at radius 2 is 1.95 bits per heavy atom. The van der Waals surface area contributed by atoms with Crippen LogP contribution in [0.15, 0.2) is 18.2 Å². The molecule has 0 radical (unpaired) electrons. The van der Waals surface area contributed by atoms with E-state index in [0.717, 1.165) is 29.7 Å². The van der Waals surface area contributed by atoms with Gasteiger partial charge in [-0.25, -0.2) is 0 Å². The van der Waals surface area contributed by atoms with Crippen LogP contribution in [-0.4, -0.2) is 18.0 Å². The number of carbonyl (C=O) groups excluding carboxylic acids is 2. The average molecular weight is 285 g/mol. The number of hydrogen-bond acceptors (Lipinski definition) is 3. The molecule has 1 heterocycles. The van der Waals surface area contributed by atoms with Crippen LogP contribution in [0.2, 0.25) is 0 Å². The van der Waals surface area contributed by atoms with Crippen LogP contribution < -0.4 is 5.32 Å². The third-order valence-corrected chi connectivity index (χ3v) is 5.52. The van der Waals surface area contributed by atoms with Crippen molar-refractivity contribution in [1.82, 2.24) is 0 Å². The summed E-state index contributed by atoms with van der Waals surface area (Å²) in [5.41, 5.74) is 2.99. The van der Waals surface area contributed by atoms with E-state index in [9.17, 15) is 9.59 Å². The van der Waals surface area contributed by atoms with E-state index in [0.29, 0.717) is 5.92 Å². The molecule has 1 amide bonds. The summed E-state index contributed by atoms with van der Waals surface area (Å²) in [6.07, 6.45) is 1.90. The minimum Gasteiger partial charge on any atom is -0.462 e. The predicted molar refractivity (Wildman–Crippen MR) is 77.6 cm³/mol. The highest BCUT2D eigenvalue weighted by molar-refractivity contribution is 5.97. The molecule has 1 aliphatic heterocycles. The van der Waals surface area contributed by atoms with E-state index in [-0.39, 0.29) is 35.7 Å². The molecule has 0 spiro atoms. The van der Waals surface area contributed by atoms with Crippen LogP contribution in [0, 0.1) is 37.5 Å². The highest BCUT2D eigenvalue weighted by Gasteiger charge is 2.63. The number of rotatable bonds is 2. The maximum atomic E-state index is 12.7. The van der Waals surface area contributed by atoms with E-state index < -0.39 is 0 Å². The molecule has 2 saturated carbocycles. The molecule has 110 valence electrons. The molecule has 1 aromatic rings. The van der Waals surface area contributed by atoms with E-state index in [1.54, 1.807) is 0 Å². The van der Waals surface area contributed by atoms with E-state index >= 15 is 0 Å². The molecule has 1 saturated heterocycles. The van der Waals surface area contributed by atoms with Crippen molar-refractivity contribution in [2.24, 2.45) is 23.7 Å². The normalized spacial score (nSPS) is 35.9. The molecule has 2 bridgehead atoms. The first-order valence-corrected chi connectivity index (χ1v) is 7.64. The zero-order valence-electron chi connectivity index (χ0n) is 12.3. The number of anilines is 1. The van der Waals surface area contributed by atoms with Crippen LogP contribution in [0.25, 0.3) is 0 Å². The van der Waals surface area contributed by atoms with Gasteiger partial charge in [-0.15, -0.1) is 0 Å². The van der Waals surface area contributed by atoms with Gasteiger partial charge in [0.2, 0.25) is 5.91 Å². The lowest BCUT2D eigenvalue weighted by Crippen LogP contribution is -2.36. The van der Waals surface area contributed by atoms with Crippen LogP contribution >= 0.6 is 0 Å². The molecule has 4 rings (SSSR count). The topological polar surface area (TPSA) is 55.4 Å². The second-order valence-corrected chi connectivity index (χ2v) is 6.68. The fourth-order valence-electron chi connectivity index (χ4n) is 4.58. The molecule has 3 aliphatic rings. The Balaban J connectivity index is 1.60. The summed E-state index contributed by atoms with van der Waals surface area (Å²) >= 11 is 0. The second-order valence-electron chi connectivity index (χ2n) is 6.68. The molecular formula is C17H19NO3. The monoisotopic (exact) mass is 285 g/mol. The van der Waals surface area contributed by atoms with Crippen molar-refractivity contribution < 1.29 is 14.3 Å². The Hall–Kier alpha value is -1.84. The summed E-state index contributed by atoms with van der Waals surface area (Å²) in [5.74, 6) is -0.0100. The van der Waals surface area contributed by atoms with Crippen molar-refractivity contribution in [2.75, 3.05) is 5.32 Å². The minimum absolute atomic E-state index is 0.0119. The van der Waals surface area contributed by atoms with Crippen molar-refractivity contribution in [3.8, 4) is 0 Å². The molecule has 5 atom stereocenters. The standard InChI is InChI=1S/C17H19NO3/c1-8-4-3-5-9(2)15(8)18-16(19)13-10-6-11-12(7-10)21-17(20)14(11)13/h3-5,10-14H,6-7H2,1-2H3,(H,18,19)/t10-,11-,12+,13-,14-/m0/s1. The number of nitrogens with one attached hydrogen (secondary N) is 1. The fraction of sp³-hybridized carbons (Fsp3) is 0.529. The Morgan fingerprint density at radius 3 is 2.67 bits per heavy atom. The Morgan fingerprint density at radius 1 is 1.24 bits per heavy atom. The largest absolute Gasteiger partial charge is 0.462 e. The third kappa shape index (κ3) is 1.74. The number of ether oxygens (including phenoxy) is 1. The Kier molecular flexibility index (Phi) is 2.65. The van der Waals surface area contributed by atoms with Gasteiger partial charge < -0.3 is 10.1 Å². The van der Waals surface area contributed by atoms with Gasteiger partial charge in [-0.2, -0.15) is 0 Å². The third-order valence-electron chi connectivity index (χ3n) is 5.52.